The Hall–Kier alpha value is -1.10. The molecule has 94 valence electrons. The van der Waals surface area contributed by atoms with Crippen molar-refractivity contribution in [3.8, 4) is 0 Å². The molecule has 0 rings (SSSR count). The highest BCUT2D eigenvalue weighted by Crippen LogP contribution is 2.13. The maximum atomic E-state index is 11.8. The van der Waals surface area contributed by atoms with Crippen LogP contribution in [0.5, 0.6) is 0 Å². The molecule has 0 aromatic heterocycles. The van der Waals surface area contributed by atoms with Crippen LogP contribution in [0.1, 0.15) is 33.6 Å². The molecule has 5 nitrogen and oxygen atoms in total. The third-order valence-electron chi connectivity index (χ3n) is 1.93. The molecule has 16 heavy (non-hydrogen) atoms. The van der Waals surface area contributed by atoms with E-state index in [4.69, 9.17) is 9.84 Å². The average Bonchev–Trinajstić information content (AvgIpc) is 1.98. The molecule has 0 unspecified atom stereocenters. The van der Waals surface area contributed by atoms with Crippen molar-refractivity contribution in [3.63, 3.8) is 0 Å². The minimum absolute atomic E-state index is 0.0396. The number of rotatable bonds is 5. The van der Waals surface area contributed by atoms with Crippen molar-refractivity contribution in [3.05, 3.63) is 0 Å². The molecule has 1 atom stereocenters. The van der Waals surface area contributed by atoms with Crippen LogP contribution in [0, 0.1) is 0 Å². The van der Waals surface area contributed by atoms with Gasteiger partial charge in [0, 0.05) is 6.42 Å². The zero-order valence-corrected chi connectivity index (χ0v) is 10.6. The molecule has 0 saturated heterocycles. The Morgan fingerprint density at radius 2 is 1.81 bits per heavy atom. The zero-order chi connectivity index (χ0) is 12.9. The minimum atomic E-state index is -0.907. The van der Waals surface area contributed by atoms with Gasteiger partial charge in [-0.05, 0) is 41.3 Å². The highest BCUT2D eigenvalue weighted by Gasteiger charge is 2.27. The first kappa shape index (κ1) is 14.9. The minimum Gasteiger partial charge on any atom is -0.481 e. The third kappa shape index (κ3) is 6.40. The molecule has 0 aromatic rings. The fourth-order valence-electron chi connectivity index (χ4n) is 1.22. The average molecular weight is 231 g/mol. The molecule has 5 heteroatoms. The Labute approximate surface area is 96.4 Å². The first-order chi connectivity index (χ1) is 7.13. The fraction of sp³-hybridized carbons (Fsp3) is 0.818. The maximum Gasteiger partial charge on any atom is 0.323 e. The SMILES string of the molecule is CN(C)[C@@H](CCC(=O)O)C(=O)OC(C)(C)C. The van der Waals surface area contributed by atoms with Crippen LogP contribution in [0.4, 0.5) is 0 Å². The summed E-state index contributed by atoms with van der Waals surface area (Å²) in [6, 6.07) is -0.504. The molecule has 0 aliphatic heterocycles. The van der Waals surface area contributed by atoms with E-state index in [1.807, 2.05) is 0 Å². The lowest BCUT2D eigenvalue weighted by molar-refractivity contribution is -0.160. The largest absolute Gasteiger partial charge is 0.481 e. The van der Waals surface area contributed by atoms with Crippen LogP contribution in [0.3, 0.4) is 0 Å². The van der Waals surface area contributed by atoms with Gasteiger partial charge in [0.1, 0.15) is 11.6 Å². The van der Waals surface area contributed by atoms with Gasteiger partial charge < -0.3 is 9.84 Å². The van der Waals surface area contributed by atoms with E-state index in [2.05, 4.69) is 0 Å². The molecule has 0 bridgehead atoms. The predicted molar refractivity (Wildman–Crippen MR) is 60.2 cm³/mol. The molecular formula is C11H21NO4. The molecule has 0 aromatic carbocycles. The Kier molecular flexibility index (Phi) is 5.44. The highest BCUT2D eigenvalue weighted by molar-refractivity contribution is 5.77. The van der Waals surface area contributed by atoms with Crippen LogP contribution >= 0.6 is 0 Å². The summed E-state index contributed by atoms with van der Waals surface area (Å²) in [4.78, 5) is 23.9. The summed E-state index contributed by atoms with van der Waals surface area (Å²) < 4.78 is 5.22. The number of esters is 1. The van der Waals surface area contributed by atoms with Gasteiger partial charge in [0.15, 0.2) is 0 Å². The van der Waals surface area contributed by atoms with E-state index >= 15 is 0 Å². The molecule has 0 amide bonds. The summed E-state index contributed by atoms with van der Waals surface area (Å²) in [6.45, 7) is 5.36. The normalized spacial score (nSPS) is 13.6. The van der Waals surface area contributed by atoms with E-state index in [-0.39, 0.29) is 18.8 Å². The molecule has 0 aliphatic carbocycles. The van der Waals surface area contributed by atoms with Crippen LogP contribution < -0.4 is 0 Å². The number of ether oxygens (including phenoxy) is 1. The number of hydrogen-bond acceptors (Lipinski definition) is 4. The van der Waals surface area contributed by atoms with E-state index in [0.29, 0.717) is 0 Å². The van der Waals surface area contributed by atoms with Gasteiger partial charge in [0.25, 0.3) is 0 Å². The molecule has 0 fully saturated rings. The molecule has 0 heterocycles. The van der Waals surface area contributed by atoms with Crippen LogP contribution in [0.15, 0.2) is 0 Å². The summed E-state index contributed by atoms with van der Waals surface area (Å²) in [6.07, 6.45) is 0.222. The Balaban J connectivity index is 4.42. The zero-order valence-electron chi connectivity index (χ0n) is 10.6. The maximum absolute atomic E-state index is 11.8. The van der Waals surface area contributed by atoms with Crippen LogP contribution in [0.25, 0.3) is 0 Å². The molecule has 0 spiro atoms. The lowest BCUT2D eigenvalue weighted by atomic mass is 10.1. The first-order valence-electron chi connectivity index (χ1n) is 5.24. The van der Waals surface area contributed by atoms with Gasteiger partial charge in [0.05, 0.1) is 0 Å². The third-order valence-corrected chi connectivity index (χ3v) is 1.93. The summed E-state index contributed by atoms with van der Waals surface area (Å²) in [5.74, 6) is -1.28. The van der Waals surface area contributed by atoms with Crippen LogP contribution in [-0.2, 0) is 14.3 Å². The van der Waals surface area contributed by atoms with Crippen LogP contribution in [-0.4, -0.2) is 47.7 Å². The van der Waals surface area contributed by atoms with E-state index < -0.39 is 17.6 Å². The van der Waals surface area contributed by atoms with Gasteiger partial charge in [-0.3, -0.25) is 14.5 Å². The molecule has 0 radical (unpaired) electrons. The van der Waals surface area contributed by atoms with Crippen molar-refractivity contribution in [1.29, 1.82) is 0 Å². The van der Waals surface area contributed by atoms with Crippen molar-refractivity contribution in [1.82, 2.24) is 4.90 Å². The second-order valence-corrected chi connectivity index (χ2v) is 4.95. The second kappa shape index (κ2) is 5.84. The Bertz CT molecular complexity index is 255. The van der Waals surface area contributed by atoms with Gasteiger partial charge in [0.2, 0.25) is 0 Å². The highest BCUT2D eigenvalue weighted by atomic mass is 16.6. The number of aliphatic carboxylic acids is 1. The number of likely N-dealkylation sites (N-methyl/N-ethyl adjacent to an activating group) is 1. The standard InChI is InChI=1S/C11H21NO4/c1-11(2,3)16-10(15)8(12(4)5)6-7-9(13)14/h8H,6-7H2,1-5H3,(H,13,14)/t8-/m0/s1. The Morgan fingerprint density at radius 1 is 1.31 bits per heavy atom. The summed E-state index contributed by atoms with van der Waals surface area (Å²) in [7, 11) is 3.47. The number of carbonyl (C=O) groups excluding carboxylic acids is 1. The fourth-order valence-corrected chi connectivity index (χ4v) is 1.22. The number of carboxylic acid groups (broad SMARTS) is 1. The molecule has 0 saturated carbocycles. The van der Waals surface area contributed by atoms with Crippen LogP contribution in [0.2, 0.25) is 0 Å². The summed E-state index contributed by atoms with van der Waals surface area (Å²) in [5.41, 5.74) is -0.547. The van der Waals surface area contributed by atoms with E-state index in [0.717, 1.165) is 0 Å². The number of carbonyl (C=O) groups is 2. The Morgan fingerprint density at radius 3 is 2.12 bits per heavy atom. The molecule has 0 aliphatic rings. The monoisotopic (exact) mass is 231 g/mol. The van der Waals surface area contributed by atoms with Crippen molar-refractivity contribution in [2.24, 2.45) is 0 Å². The number of nitrogens with zero attached hydrogens (tertiary/aromatic N) is 1. The molecule has 1 N–H and O–H groups in total. The summed E-state index contributed by atoms with van der Waals surface area (Å²) in [5, 5.41) is 8.59. The predicted octanol–water partition coefficient (Wildman–Crippen LogP) is 1.12. The van der Waals surface area contributed by atoms with Gasteiger partial charge >= 0.3 is 11.9 Å². The molecular weight excluding hydrogens is 210 g/mol. The second-order valence-electron chi connectivity index (χ2n) is 4.95. The number of carboxylic acids is 1. The van der Waals surface area contributed by atoms with Crippen molar-refractivity contribution in [2.75, 3.05) is 14.1 Å². The van der Waals surface area contributed by atoms with Gasteiger partial charge in [-0.1, -0.05) is 0 Å². The quantitative estimate of drug-likeness (QED) is 0.718. The first-order valence-corrected chi connectivity index (χ1v) is 5.24. The van der Waals surface area contributed by atoms with Crippen molar-refractivity contribution >= 4 is 11.9 Å². The summed E-state index contributed by atoms with van der Waals surface area (Å²) >= 11 is 0. The van der Waals surface area contributed by atoms with Gasteiger partial charge in [-0.25, -0.2) is 0 Å². The van der Waals surface area contributed by atoms with E-state index in [1.54, 1.807) is 39.8 Å². The topological polar surface area (TPSA) is 66.8 Å². The van der Waals surface area contributed by atoms with Crippen molar-refractivity contribution < 1.29 is 19.4 Å². The van der Waals surface area contributed by atoms with E-state index in [1.165, 1.54) is 0 Å². The smallest absolute Gasteiger partial charge is 0.323 e. The van der Waals surface area contributed by atoms with Crippen molar-refractivity contribution in [2.45, 2.75) is 45.3 Å². The lowest BCUT2D eigenvalue weighted by Gasteiger charge is -2.27. The van der Waals surface area contributed by atoms with E-state index in [9.17, 15) is 9.59 Å². The number of hydrogen-bond donors (Lipinski definition) is 1. The van der Waals surface area contributed by atoms with Gasteiger partial charge in [-0.2, -0.15) is 0 Å². The lowest BCUT2D eigenvalue weighted by Crippen LogP contribution is -2.40. The van der Waals surface area contributed by atoms with Gasteiger partial charge in [-0.15, -0.1) is 0 Å².